The van der Waals surface area contributed by atoms with Gasteiger partial charge in [0.1, 0.15) is 5.82 Å². The number of benzene rings is 1. The maximum Gasteiger partial charge on any atom is 0.196 e. The molecule has 2 aromatic rings. The lowest BCUT2D eigenvalue weighted by molar-refractivity contribution is 0.436. The highest BCUT2D eigenvalue weighted by atomic mass is 19.2. The van der Waals surface area contributed by atoms with Crippen molar-refractivity contribution < 1.29 is 17.6 Å². The van der Waals surface area contributed by atoms with Crippen molar-refractivity contribution in [1.82, 2.24) is 10.2 Å². The van der Waals surface area contributed by atoms with E-state index in [0.29, 0.717) is 0 Å². The number of halogens is 4. The van der Waals surface area contributed by atoms with Crippen LogP contribution in [0.4, 0.5) is 40.6 Å². The molecular formula is C9H6F4N6. The van der Waals surface area contributed by atoms with E-state index in [0.717, 1.165) is 0 Å². The molecule has 0 aliphatic carbocycles. The van der Waals surface area contributed by atoms with Crippen LogP contribution in [0, 0.1) is 23.3 Å². The van der Waals surface area contributed by atoms with Gasteiger partial charge in [0.15, 0.2) is 40.5 Å². The van der Waals surface area contributed by atoms with Crippen molar-refractivity contribution >= 4 is 23.0 Å². The second kappa shape index (κ2) is 4.55. The molecule has 0 radical (unpaired) electrons. The van der Waals surface area contributed by atoms with E-state index in [9.17, 15) is 17.6 Å². The Kier molecular flexibility index (Phi) is 3.07. The summed E-state index contributed by atoms with van der Waals surface area (Å²) < 4.78 is 52.1. The molecule has 1 aromatic carbocycles. The Morgan fingerprint density at radius 1 is 0.947 bits per heavy atom. The second-order valence-corrected chi connectivity index (χ2v) is 3.39. The maximum absolute atomic E-state index is 13.3. The van der Waals surface area contributed by atoms with E-state index in [4.69, 9.17) is 11.5 Å². The highest BCUT2D eigenvalue weighted by molar-refractivity contribution is 5.70. The van der Waals surface area contributed by atoms with E-state index < -0.39 is 29.0 Å². The summed E-state index contributed by atoms with van der Waals surface area (Å²) in [7, 11) is 0. The molecule has 0 saturated heterocycles. The summed E-state index contributed by atoms with van der Waals surface area (Å²) in [4.78, 5) is 0. The Morgan fingerprint density at radius 2 is 1.58 bits per heavy atom. The number of nitrogens with one attached hydrogen (secondary N) is 1. The number of aromatic amines is 1. The average molecular weight is 274 g/mol. The number of hydrogen-bond donors (Lipinski definition) is 3. The molecule has 0 spiro atoms. The maximum atomic E-state index is 13.3. The minimum Gasteiger partial charge on any atom is -0.382 e. The molecule has 0 aliphatic rings. The Morgan fingerprint density at radius 3 is 2.16 bits per heavy atom. The summed E-state index contributed by atoms with van der Waals surface area (Å²) in [5, 5.41) is 12.2. The van der Waals surface area contributed by atoms with E-state index >= 15 is 0 Å². The van der Waals surface area contributed by atoms with Crippen LogP contribution in [0.5, 0.6) is 0 Å². The van der Waals surface area contributed by atoms with Gasteiger partial charge in [-0.1, -0.05) is 0 Å². The van der Waals surface area contributed by atoms with Crippen LogP contribution < -0.4 is 11.5 Å². The molecule has 0 saturated carbocycles. The lowest BCUT2D eigenvalue weighted by atomic mass is 10.3. The molecule has 10 heteroatoms. The van der Waals surface area contributed by atoms with Gasteiger partial charge in [-0.05, 0) is 0 Å². The summed E-state index contributed by atoms with van der Waals surface area (Å²) >= 11 is 0. The van der Waals surface area contributed by atoms with Crippen LogP contribution in [0.15, 0.2) is 16.3 Å². The fourth-order valence-corrected chi connectivity index (χ4v) is 1.22. The van der Waals surface area contributed by atoms with E-state index in [1.165, 1.54) is 0 Å². The Bertz CT molecular complexity index is 646. The molecule has 0 fully saturated rings. The van der Waals surface area contributed by atoms with Gasteiger partial charge in [-0.2, -0.15) is 5.10 Å². The molecule has 1 aromatic heterocycles. The SMILES string of the molecule is Nc1n[nH]c(N)c1N=Nc1c(F)cc(F)c(F)c1F. The first-order valence-corrected chi connectivity index (χ1v) is 4.76. The summed E-state index contributed by atoms with van der Waals surface area (Å²) in [5.74, 6) is -7.00. The Labute approximate surface area is 103 Å². The molecule has 5 N–H and O–H groups in total. The molecular weight excluding hydrogens is 268 g/mol. The van der Waals surface area contributed by atoms with Gasteiger partial charge in [-0.3, -0.25) is 5.10 Å². The minimum atomic E-state index is -1.86. The average Bonchev–Trinajstić information content (AvgIpc) is 2.67. The number of aromatic nitrogens is 2. The van der Waals surface area contributed by atoms with E-state index in [1.54, 1.807) is 0 Å². The third kappa shape index (κ3) is 2.19. The zero-order chi connectivity index (χ0) is 14.2. The van der Waals surface area contributed by atoms with Gasteiger partial charge in [0, 0.05) is 6.07 Å². The Hall–Kier alpha value is -2.65. The summed E-state index contributed by atoms with van der Waals surface area (Å²) in [6, 6.07) is 0.148. The van der Waals surface area contributed by atoms with E-state index in [2.05, 4.69) is 20.4 Å². The largest absolute Gasteiger partial charge is 0.382 e. The number of nitrogen functional groups attached to an aromatic ring is 2. The topological polar surface area (TPSA) is 105 Å². The fraction of sp³-hybridized carbons (Fsp3) is 0. The molecule has 1 heterocycles. The van der Waals surface area contributed by atoms with E-state index in [-0.39, 0.29) is 23.4 Å². The summed E-state index contributed by atoms with van der Waals surface area (Å²) in [6.07, 6.45) is 0. The van der Waals surface area contributed by atoms with Gasteiger partial charge in [-0.25, -0.2) is 17.6 Å². The van der Waals surface area contributed by atoms with Crippen LogP contribution in [0.2, 0.25) is 0 Å². The van der Waals surface area contributed by atoms with E-state index in [1.807, 2.05) is 0 Å². The van der Waals surface area contributed by atoms with Crippen LogP contribution >= 0.6 is 0 Å². The van der Waals surface area contributed by atoms with Crippen molar-refractivity contribution in [2.75, 3.05) is 11.5 Å². The number of anilines is 2. The zero-order valence-corrected chi connectivity index (χ0v) is 9.09. The number of rotatable bonds is 2. The van der Waals surface area contributed by atoms with Crippen molar-refractivity contribution in [2.24, 2.45) is 10.2 Å². The lowest BCUT2D eigenvalue weighted by Crippen LogP contribution is -1.93. The van der Waals surface area contributed by atoms with Gasteiger partial charge >= 0.3 is 0 Å². The number of azo groups is 1. The highest BCUT2D eigenvalue weighted by Gasteiger charge is 2.19. The summed E-state index contributed by atoms with van der Waals surface area (Å²) in [5.41, 5.74) is 9.44. The third-order valence-corrected chi connectivity index (χ3v) is 2.13. The van der Waals surface area contributed by atoms with Crippen LogP contribution in [0.1, 0.15) is 0 Å². The molecule has 0 atom stereocenters. The number of nitrogens with zero attached hydrogens (tertiary/aromatic N) is 3. The molecule has 6 nitrogen and oxygen atoms in total. The first kappa shape index (κ1) is 12.8. The number of nitrogens with two attached hydrogens (primary N) is 2. The molecule has 0 bridgehead atoms. The van der Waals surface area contributed by atoms with Crippen molar-refractivity contribution in [3.05, 3.63) is 29.3 Å². The van der Waals surface area contributed by atoms with Gasteiger partial charge in [-0.15, -0.1) is 10.2 Å². The second-order valence-electron chi connectivity index (χ2n) is 3.39. The summed E-state index contributed by atoms with van der Waals surface area (Å²) in [6.45, 7) is 0. The van der Waals surface area contributed by atoms with Crippen molar-refractivity contribution in [3.8, 4) is 0 Å². The fourth-order valence-electron chi connectivity index (χ4n) is 1.22. The molecule has 0 amide bonds. The van der Waals surface area contributed by atoms with Gasteiger partial charge in [0.05, 0.1) is 0 Å². The van der Waals surface area contributed by atoms with Crippen LogP contribution in [0.3, 0.4) is 0 Å². The first-order chi connectivity index (χ1) is 8.91. The highest BCUT2D eigenvalue weighted by Crippen LogP contribution is 2.31. The molecule has 0 aliphatic heterocycles. The minimum absolute atomic E-state index is 0.0929. The van der Waals surface area contributed by atoms with Gasteiger partial charge < -0.3 is 11.5 Å². The molecule has 0 unspecified atom stereocenters. The predicted octanol–water partition coefficient (Wildman–Crippen LogP) is 2.55. The molecule has 2 rings (SSSR count). The van der Waals surface area contributed by atoms with Gasteiger partial charge in [0.25, 0.3) is 0 Å². The monoisotopic (exact) mass is 274 g/mol. The molecule has 100 valence electrons. The molecule has 19 heavy (non-hydrogen) atoms. The van der Waals surface area contributed by atoms with Crippen LogP contribution in [0.25, 0.3) is 0 Å². The van der Waals surface area contributed by atoms with Crippen molar-refractivity contribution in [1.29, 1.82) is 0 Å². The number of hydrogen-bond acceptors (Lipinski definition) is 5. The zero-order valence-electron chi connectivity index (χ0n) is 9.09. The third-order valence-electron chi connectivity index (χ3n) is 2.13. The first-order valence-electron chi connectivity index (χ1n) is 4.76. The lowest BCUT2D eigenvalue weighted by Gasteiger charge is -2.00. The quantitative estimate of drug-likeness (QED) is 0.339. The van der Waals surface area contributed by atoms with Crippen LogP contribution in [-0.4, -0.2) is 10.2 Å². The predicted molar refractivity (Wildman–Crippen MR) is 57.9 cm³/mol. The Balaban J connectivity index is 2.48. The normalized spacial score (nSPS) is 11.4. The van der Waals surface area contributed by atoms with Gasteiger partial charge in [0.2, 0.25) is 0 Å². The standard InChI is InChI=1S/C9H6F4N6/c10-2-1-3(11)6(5(13)4(2)12)16-17-7-8(14)18-19-9(7)15/h1H,(H5,14,15,18,19). The number of H-pyrrole nitrogens is 1. The van der Waals surface area contributed by atoms with Crippen molar-refractivity contribution in [2.45, 2.75) is 0 Å². The van der Waals surface area contributed by atoms with Crippen molar-refractivity contribution in [3.63, 3.8) is 0 Å². The smallest absolute Gasteiger partial charge is 0.196 e. The van der Waals surface area contributed by atoms with Crippen LogP contribution in [-0.2, 0) is 0 Å².